The Morgan fingerprint density at radius 3 is 2.75 bits per heavy atom. The normalized spacial score (nSPS) is 12.9. The molecule has 0 saturated carbocycles. The summed E-state index contributed by atoms with van der Waals surface area (Å²) in [4.78, 5) is 24.8. The first-order chi connectivity index (χ1) is 11.3. The summed E-state index contributed by atoms with van der Waals surface area (Å²) in [6.07, 6.45) is 0.992. The first kappa shape index (κ1) is 17.9. The zero-order valence-corrected chi connectivity index (χ0v) is 14.7. The second-order valence-corrected chi connectivity index (χ2v) is 6.74. The molecule has 0 aromatic heterocycles. The highest BCUT2D eigenvalue weighted by Crippen LogP contribution is 2.28. The Morgan fingerprint density at radius 2 is 2.08 bits per heavy atom. The van der Waals surface area contributed by atoms with Gasteiger partial charge in [-0.25, -0.2) is 4.79 Å². The standard InChI is InChI=1S/C19H24N2O3/c1-14(22)21-12-10-16-13-15(8-9-17(16)21)7-5-6-11-20-18(23)24-19(2,3)4/h8-9,13H,6,10-12H2,1-4H3,(H,20,23). The lowest BCUT2D eigenvalue weighted by Gasteiger charge is -2.19. The van der Waals surface area contributed by atoms with E-state index in [2.05, 4.69) is 17.2 Å². The quantitative estimate of drug-likeness (QED) is 0.671. The van der Waals surface area contributed by atoms with Crippen molar-refractivity contribution in [3.63, 3.8) is 0 Å². The second-order valence-electron chi connectivity index (χ2n) is 6.74. The fourth-order valence-corrected chi connectivity index (χ4v) is 2.51. The monoisotopic (exact) mass is 328 g/mol. The largest absolute Gasteiger partial charge is 0.444 e. The lowest BCUT2D eigenvalue weighted by molar-refractivity contribution is -0.116. The summed E-state index contributed by atoms with van der Waals surface area (Å²) in [5, 5.41) is 2.68. The maximum atomic E-state index is 11.5. The molecule has 1 heterocycles. The molecule has 24 heavy (non-hydrogen) atoms. The predicted molar refractivity (Wildman–Crippen MR) is 93.9 cm³/mol. The molecule has 0 fully saturated rings. The van der Waals surface area contributed by atoms with Crippen LogP contribution < -0.4 is 10.2 Å². The maximum absolute atomic E-state index is 11.5. The van der Waals surface area contributed by atoms with E-state index in [9.17, 15) is 9.59 Å². The SMILES string of the molecule is CC(=O)N1CCc2cc(C#CCCNC(=O)OC(C)(C)C)ccc21. The van der Waals surface area contributed by atoms with Gasteiger partial charge in [-0.1, -0.05) is 11.8 Å². The molecule has 0 aliphatic carbocycles. The third-order valence-electron chi connectivity index (χ3n) is 3.51. The number of nitrogens with one attached hydrogen (secondary N) is 1. The van der Waals surface area contributed by atoms with Crippen molar-refractivity contribution >= 4 is 17.7 Å². The van der Waals surface area contributed by atoms with E-state index < -0.39 is 11.7 Å². The van der Waals surface area contributed by atoms with Crippen molar-refractivity contribution in [1.29, 1.82) is 0 Å². The van der Waals surface area contributed by atoms with Gasteiger partial charge in [0.05, 0.1) is 0 Å². The lowest BCUT2D eigenvalue weighted by Crippen LogP contribution is -2.32. The molecule has 1 aromatic carbocycles. The molecule has 1 aliphatic rings. The molecule has 0 atom stereocenters. The third kappa shape index (κ3) is 5.02. The highest BCUT2D eigenvalue weighted by atomic mass is 16.6. The summed E-state index contributed by atoms with van der Waals surface area (Å²) >= 11 is 0. The van der Waals surface area contributed by atoms with E-state index in [1.165, 1.54) is 0 Å². The van der Waals surface area contributed by atoms with Gasteiger partial charge in [0.1, 0.15) is 5.60 Å². The van der Waals surface area contributed by atoms with Crippen LogP contribution in [0.5, 0.6) is 0 Å². The van der Waals surface area contributed by atoms with Crippen molar-refractivity contribution in [3.05, 3.63) is 29.3 Å². The van der Waals surface area contributed by atoms with Gasteiger partial charge in [-0.15, -0.1) is 0 Å². The summed E-state index contributed by atoms with van der Waals surface area (Å²) < 4.78 is 5.15. The molecule has 1 N–H and O–H groups in total. The molecule has 1 aliphatic heterocycles. The smallest absolute Gasteiger partial charge is 0.407 e. The van der Waals surface area contributed by atoms with Crippen molar-refractivity contribution in [2.24, 2.45) is 0 Å². The van der Waals surface area contributed by atoms with Crippen LogP contribution in [0.25, 0.3) is 0 Å². The molecule has 0 saturated heterocycles. The molecule has 2 rings (SSSR count). The Labute approximate surface area is 143 Å². The summed E-state index contributed by atoms with van der Waals surface area (Å²) in [6.45, 7) is 8.25. The number of anilines is 1. The Balaban J connectivity index is 1.85. The van der Waals surface area contributed by atoms with Gasteiger partial charge in [0.25, 0.3) is 0 Å². The molecular formula is C19H24N2O3. The number of carbonyl (C=O) groups excluding carboxylic acids is 2. The average Bonchev–Trinajstić information content (AvgIpc) is 2.88. The zero-order chi connectivity index (χ0) is 17.7. The van der Waals surface area contributed by atoms with E-state index in [1.807, 2.05) is 39.0 Å². The van der Waals surface area contributed by atoms with Gasteiger partial charge >= 0.3 is 6.09 Å². The van der Waals surface area contributed by atoms with Gasteiger partial charge in [-0.05, 0) is 51.0 Å². The Morgan fingerprint density at radius 1 is 1.33 bits per heavy atom. The molecule has 5 nitrogen and oxygen atoms in total. The Hall–Kier alpha value is -2.48. The molecule has 0 radical (unpaired) electrons. The molecule has 5 heteroatoms. The van der Waals surface area contributed by atoms with Gasteiger partial charge in [0.2, 0.25) is 5.91 Å². The zero-order valence-electron chi connectivity index (χ0n) is 14.7. The number of benzene rings is 1. The van der Waals surface area contributed by atoms with Crippen LogP contribution >= 0.6 is 0 Å². The number of fused-ring (bicyclic) bond motifs is 1. The topological polar surface area (TPSA) is 58.6 Å². The minimum atomic E-state index is -0.492. The van der Waals surface area contributed by atoms with Crippen molar-refractivity contribution in [1.82, 2.24) is 5.32 Å². The van der Waals surface area contributed by atoms with Crippen LogP contribution in [0, 0.1) is 11.8 Å². The fraction of sp³-hybridized carbons (Fsp3) is 0.474. The molecule has 0 unspecified atom stereocenters. The van der Waals surface area contributed by atoms with Gasteiger partial charge in [0.15, 0.2) is 0 Å². The van der Waals surface area contributed by atoms with E-state index in [0.717, 1.165) is 29.8 Å². The number of nitrogens with zero attached hydrogens (tertiary/aromatic N) is 1. The third-order valence-corrected chi connectivity index (χ3v) is 3.51. The molecule has 0 bridgehead atoms. The highest BCUT2D eigenvalue weighted by molar-refractivity contribution is 5.93. The highest BCUT2D eigenvalue weighted by Gasteiger charge is 2.21. The number of hydrogen-bond donors (Lipinski definition) is 1. The molecular weight excluding hydrogens is 304 g/mol. The lowest BCUT2D eigenvalue weighted by atomic mass is 10.1. The molecule has 1 aromatic rings. The number of carbonyl (C=O) groups is 2. The van der Waals surface area contributed by atoms with Crippen molar-refractivity contribution in [2.75, 3.05) is 18.0 Å². The van der Waals surface area contributed by atoms with Crippen LogP contribution in [-0.4, -0.2) is 30.7 Å². The van der Waals surface area contributed by atoms with Crippen LogP contribution in [0.1, 0.15) is 45.2 Å². The van der Waals surface area contributed by atoms with Gasteiger partial charge in [-0.3, -0.25) is 4.79 Å². The van der Waals surface area contributed by atoms with E-state index in [1.54, 1.807) is 11.8 Å². The maximum Gasteiger partial charge on any atom is 0.407 e. The van der Waals surface area contributed by atoms with Gasteiger partial charge in [0, 0.05) is 37.7 Å². The fourth-order valence-electron chi connectivity index (χ4n) is 2.51. The molecule has 2 amide bonds. The number of amides is 2. The average molecular weight is 328 g/mol. The van der Waals surface area contributed by atoms with Crippen LogP contribution in [-0.2, 0) is 16.0 Å². The number of rotatable bonds is 2. The number of alkyl carbamates (subject to hydrolysis) is 1. The summed E-state index contributed by atoms with van der Waals surface area (Å²) in [6, 6.07) is 5.91. The number of ether oxygens (including phenoxy) is 1. The predicted octanol–water partition coefficient (Wildman–Crippen LogP) is 2.86. The molecule has 0 spiro atoms. The van der Waals surface area contributed by atoms with Crippen LogP contribution in [0.3, 0.4) is 0 Å². The van der Waals surface area contributed by atoms with Crippen LogP contribution in [0.4, 0.5) is 10.5 Å². The minimum absolute atomic E-state index is 0.0702. The Kier molecular flexibility index (Phi) is 5.50. The molecule has 128 valence electrons. The Bertz CT molecular complexity index is 693. The minimum Gasteiger partial charge on any atom is -0.444 e. The van der Waals surface area contributed by atoms with Gasteiger partial charge < -0.3 is 15.0 Å². The van der Waals surface area contributed by atoms with E-state index in [-0.39, 0.29) is 5.91 Å². The van der Waals surface area contributed by atoms with Crippen molar-refractivity contribution < 1.29 is 14.3 Å². The first-order valence-corrected chi connectivity index (χ1v) is 8.13. The summed E-state index contributed by atoms with van der Waals surface area (Å²) in [5.74, 6) is 6.21. The second kappa shape index (κ2) is 7.39. The summed E-state index contributed by atoms with van der Waals surface area (Å²) in [5.41, 5.74) is 2.58. The number of hydrogen-bond acceptors (Lipinski definition) is 3. The van der Waals surface area contributed by atoms with Crippen LogP contribution in [0.15, 0.2) is 18.2 Å². The van der Waals surface area contributed by atoms with Crippen molar-refractivity contribution in [3.8, 4) is 11.8 Å². The first-order valence-electron chi connectivity index (χ1n) is 8.13. The summed E-state index contributed by atoms with van der Waals surface area (Å²) in [7, 11) is 0. The van der Waals surface area contributed by atoms with E-state index in [0.29, 0.717) is 13.0 Å². The van der Waals surface area contributed by atoms with Gasteiger partial charge in [-0.2, -0.15) is 0 Å². The van der Waals surface area contributed by atoms with Crippen molar-refractivity contribution in [2.45, 2.75) is 46.1 Å². The van der Waals surface area contributed by atoms with E-state index >= 15 is 0 Å². The van der Waals surface area contributed by atoms with E-state index in [4.69, 9.17) is 4.74 Å². The van der Waals surface area contributed by atoms with Crippen LogP contribution in [0.2, 0.25) is 0 Å².